The van der Waals surface area contributed by atoms with E-state index in [4.69, 9.17) is 16.7 Å². The number of ether oxygens (including phenoxy) is 1. The van der Waals surface area contributed by atoms with Gasteiger partial charge in [-0.2, -0.15) is 0 Å². The topological polar surface area (TPSA) is 29.5 Å². The van der Waals surface area contributed by atoms with Gasteiger partial charge in [0.05, 0.1) is 6.61 Å². The molecule has 0 aliphatic carbocycles. The molecular weight excluding hydrogens is 293 g/mol. The number of alkyl halides is 3. The van der Waals surface area contributed by atoms with Crippen LogP contribution in [0.2, 0.25) is 5.02 Å². The molecule has 0 aliphatic rings. The molecule has 0 atom stereocenters. The van der Waals surface area contributed by atoms with Crippen LogP contribution in [0.1, 0.15) is 5.56 Å². The first-order valence-corrected chi connectivity index (χ1v) is 6.02. The third-order valence-corrected chi connectivity index (χ3v) is 3.00. The lowest BCUT2D eigenvalue weighted by atomic mass is 10.0. The summed E-state index contributed by atoms with van der Waals surface area (Å²) in [5, 5.41) is 9.42. The van der Waals surface area contributed by atoms with Crippen molar-refractivity contribution in [1.29, 1.82) is 0 Å². The fourth-order valence-corrected chi connectivity index (χ4v) is 1.94. The predicted octanol–water partition coefficient (Wildman–Crippen LogP) is 4.40. The van der Waals surface area contributed by atoms with Crippen LogP contribution in [0.25, 0.3) is 11.1 Å². The van der Waals surface area contributed by atoms with Gasteiger partial charge >= 0.3 is 6.36 Å². The summed E-state index contributed by atoms with van der Waals surface area (Å²) < 4.78 is 39.9. The van der Waals surface area contributed by atoms with Crippen molar-refractivity contribution < 1.29 is 23.0 Å². The first-order chi connectivity index (χ1) is 9.39. The van der Waals surface area contributed by atoms with Crippen LogP contribution in [0.15, 0.2) is 42.5 Å². The van der Waals surface area contributed by atoms with Crippen molar-refractivity contribution in [2.75, 3.05) is 0 Å². The molecule has 2 rings (SSSR count). The van der Waals surface area contributed by atoms with Crippen LogP contribution in [0.3, 0.4) is 0 Å². The van der Waals surface area contributed by atoms with E-state index in [1.807, 2.05) is 0 Å². The van der Waals surface area contributed by atoms with Crippen molar-refractivity contribution in [1.82, 2.24) is 0 Å². The zero-order valence-electron chi connectivity index (χ0n) is 10.1. The molecule has 20 heavy (non-hydrogen) atoms. The van der Waals surface area contributed by atoms with E-state index in [0.717, 1.165) is 5.56 Å². The van der Waals surface area contributed by atoms with Crippen LogP contribution in [-0.2, 0) is 6.61 Å². The molecule has 0 aliphatic heterocycles. The highest BCUT2D eigenvalue weighted by Crippen LogP contribution is 2.29. The normalized spacial score (nSPS) is 11.4. The molecule has 0 radical (unpaired) electrons. The summed E-state index contributed by atoms with van der Waals surface area (Å²) >= 11 is 5.96. The van der Waals surface area contributed by atoms with Crippen molar-refractivity contribution in [2.24, 2.45) is 0 Å². The van der Waals surface area contributed by atoms with Crippen molar-refractivity contribution >= 4 is 11.6 Å². The van der Waals surface area contributed by atoms with E-state index in [2.05, 4.69) is 4.74 Å². The summed E-state index contributed by atoms with van der Waals surface area (Å²) in [6.07, 6.45) is -4.70. The second kappa shape index (κ2) is 5.73. The molecule has 0 heterocycles. The average molecular weight is 303 g/mol. The predicted molar refractivity (Wildman–Crippen MR) is 69.5 cm³/mol. The molecule has 0 aromatic heterocycles. The Bertz CT molecular complexity index is 594. The zero-order valence-corrected chi connectivity index (χ0v) is 10.9. The lowest BCUT2D eigenvalue weighted by molar-refractivity contribution is -0.274. The van der Waals surface area contributed by atoms with E-state index < -0.39 is 6.36 Å². The van der Waals surface area contributed by atoms with Gasteiger partial charge in [0.1, 0.15) is 5.75 Å². The van der Waals surface area contributed by atoms with Gasteiger partial charge in [0.15, 0.2) is 0 Å². The van der Waals surface area contributed by atoms with Gasteiger partial charge in [-0.05, 0) is 34.9 Å². The van der Waals surface area contributed by atoms with Gasteiger partial charge in [-0.15, -0.1) is 13.2 Å². The molecule has 0 amide bonds. The number of hydrogen-bond acceptors (Lipinski definition) is 2. The monoisotopic (exact) mass is 302 g/mol. The van der Waals surface area contributed by atoms with E-state index in [0.29, 0.717) is 16.1 Å². The molecule has 0 saturated carbocycles. The van der Waals surface area contributed by atoms with Gasteiger partial charge in [-0.3, -0.25) is 0 Å². The van der Waals surface area contributed by atoms with E-state index in [9.17, 15) is 13.2 Å². The Balaban J connectivity index is 2.24. The average Bonchev–Trinajstić information content (AvgIpc) is 2.37. The van der Waals surface area contributed by atoms with Crippen molar-refractivity contribution in [3.8, 4) is 16.9 Å². The Morgan fingerprint density at radius 2 is 1.60 bits per heavy atom. The van der Waals surface area contributed by atoms with Crippen LogP contribution < -0.4 is 4.74 Å². The molecule has 106 valence electrons. The Morgan fingerprint density at radius 1 is 1.00 bits per heavy atom. The number of aliphatic hydroxyl groups is 1. The minimum absolute atomic E-state index is 0.169. The lowest BCUT2D eigenvalue weighted by Gasteiger charge is -2.10. The Morgan fingerprint density at radius 3 is 2.10 bits per heavy atom. The minimum atomic E-state index is -4.70. The number of hydrogen-bond donors (Lipinski definition) is 1. The lowest BCUT2D eigenvalue weighted by Crippen LogP contribution is -2.16. The van der Waals surface area contributed by atoms with Crippen LogP contribution in [-0.4, -0.2) is 11.5 Å². The van der Waals surface area contributed by atoms with Gasteiger partial charge in [-0.25, -0.2) is 0 Å². The largest absolute Gasteiger partial charge is 0.573 e. The van der Waals surface area contributed by atoms with Crippen LogP contribution in [0.4, 0.5) is 13.2 Å². The highest BCUT2D eigenvalue weighted by atomic mass is 35.5. The smallest absolute Gasteiger partial charge is 0.406 e. The van der Waals surface area contributed by atoms with Crippen LogP contribution in [0.5, 0.6) is 5.75 Å². The molecule has 0 fully saturated rings. The molecule has 0 saturated heterocycles. The highest BCUT2D eigenvalue weighted by molar-refractivity contribution is 6.31. The first kappa shape index (κ1) is 14.7. The zero-order chi connectivity index (χ0) is 14.8. The Hall–Kier alpha value is -1.72. The molecule has 2 aromatic carbocycles. The number of halogens is 4. The molecule has 0 bridgehead atoms. The molecule has 0 unspecified atom stereocenters. The highest BCUT2D eigenvalue weighted by Gasteiger charge is 2.30. The number of aliphatic hydroxyl groups excluding tert-OH is 1. The van der Waals surface area contributed by atoms with Gasteiger partial charge in [0.25, 0.3) is 0 Å². The maximum atomic E-state index is 12.0. The molecule has 2 aromatic rings. The molecular formula is C14H10ClF3O2. The van der Waals surface area contributed by atoms with Crippen molar-refractivity contribution in [2.45, 2.75) is 13.0 Å². The van der Waals surface area contributed by atoms with Crippen LogP contribution in [0, 0.1) is 0 Å². The number of rotatable bonds is 3. The summed E-state index contributed by atoms with van der Waals surface area (Å²) in [6, 6.07) is 10.5. The second-order valence-corrected chi connectivity index (χ2v) is 4.44. The van der Waals surface area contributed by atoms with E-state index >= 15 is 0 Å². The number of benzene rings is 2. The summed E-state index contributed by atoms with van der Waals surface area (Å²) in [4.78, 5) is 0. The fourth-order valence-electron chi connectivity index (χ4n) is 1.70. The van der Waals surface area contributed by atoms with Gasteiger partial charge in [0, 0.05) is 5.02 Å². The van der Waals surface area contributed by atoms with Gasteiger partial charge < -0.3 is 9.84 Å². The Kier molecular flexibility index (Phi) is 4.20. The molecule has 1 N–H and O–H groups in total. The second-order valence-electron chi connectivity index (χ2n) is 4.04. The standard InChI is InChI=1S/C14H10ClF3O2/c15-13-7-10(1-2-11(13)8-19)9-3-5-12(6-4-9)20-14(16,17)18/h1-7,19H,8H2. The third kappa shape index (κ3) is 3.65. The summed E-state index contributed by atoms with van der Waals surface area (Å²) in [7, 11) is 0. The third-order valence-electron chi connectivity index (χ3n) is 2.64. The SMILES string of the molecule is OCc1ccc(-c2ccc(OC(F)(F)F)cc2)cc1Cl. The Labute approximate surface area is 118 Å². The fraction of sp³-hybridized carbons (Fsp3) is 0.143. The van der Waals surface area contributed by atoms with Crippen LogP contribution >= 0.6 is 11.6 Å². The quantitative estimate of drug-likeness (QED) is 0.910. The molecule has 2 nitrogen and oxygen atoms in total. The summed E-state index contributed by atoms with van der Waals surface area (Å²) in [6.45, 7) is -0.169. The van der Waals surface area contributed by atoms with E-state index in [1.165, 1.54) is 24.3 Å². The maximum Gasteiger partial charge on any atom is 0.573 e. The summed E-state index contributed by atoms with van der Waals surface area (Å²) in [5.74, 6) is -0.278. The molecule has 6 heteroatoms. The molecule has 0 spiro atoms. The summed E-state index contributed by atoms with van der Waals surface area (Å²) in [5.41, 5.74) is 2.03. The minimum Gasteiger partial charge on any atom is -0.406 e. The van der Waals surface area contributed by atoms with Gasteiger partial charge in [-0.1, -0.05) is 35.9 Å². The maximum absolute atomic E-state index is 12.0. The first-order valence-electron chi connectivity index (χ1n) is 5.64. The van der Waals surface area contributed by atoms with Crippen molar-refractivity contribution in [3.63, 3.8) is 0 Å². The van der Waals surface area contributed by atoms with Gasteiger partial charge in [0.2, 0.25) is 0 Å². The van der Waals surface area contributed by atoms with Crippen molar-refractivity contribution in [3.05, 3.63) is 53.1 Å². The van der Waals surface area contributed by atoms with E-state index in [-0.39, 0.29) is 12.4 Å². The van der Waals surface area contributed by atoms with E-state index in [1.54, 1.807) is 18.2 Å².